The third kappa shape index (κ3) is 3.80. The third-order valence-corrected chi connectivity index (χ3v) is 8.74. The molecule has 0 bridgehead atoms. The van der Waals surface area contributed by atoms with Gasteiger partial charge in [0, 0.05) is 39.0 Å². The molecule has 0 fully saturated rings. The largest absolute Gasteiger partial charge is 0.317 e. The Morgan fingerprint density at radius 3 is 1.93 bits per heavy atom. The van der Waals surface area contributed by atoms with E-state index in [0.717, 1.165) is 33.8 Å². The van der Waals surface area contributed by atoms with Crippen LogP contribution in [0.15, 0.2) is 164 Å². The number of aromatic nitrogens is 3. The van der Waals surface area contributed by atoms with E-state index in [1.165, 1.54) is 43.5 Å². The maximum Gasteiger partial charge on any atom is 0.138 e. The first-order valence-corrected chi connectivity index (χ1v) is 15.0. The van der Waals surface area contributed by atoms with Crippen LogP contribution in [0.5, 0.6) is 0 Å². The summed E-state index contributed by atoms with van der Waals surface area (Å²) in [6.07, 6.45) is 2.19. The fraction of sp³-hybridized carbons (Fsp3) is 0. The van der Waals surface area contributed by atoms with Crippen molar-refractivity contribution in [3.8, 4) is 33.9 Å². The van der Waals surface area contributed by atoms with Crippen molar-refractivity contribution in [2.75, 3.05) is 0 Å². The zero-order valence-electron chi connectivity index (χ0n) is 23.9. The smallest absolute Gasteiger partial charge is 0.138 e. The number of fused-ring (bicyclic) bond motifs is 7. The van der Waals surface area contributed by atoms with Gasteiger partial charge in [0.05, 0.1) is 22.2 Å². The number of para-hydroxylation sites is 2. The summed E-state index contributed by atoms with van der Waals surface area (Å²) in [5, 5.41) is 6.11. The van der Waals surface area contributed by atoms with Gasteiger partial charge in [-0.25, -0.2) is 4.98 Å². The molecule has 9 rings (SSSR count). The summed E-state index contributed by atoms with van der Waals surface area (Å²) < 4.78 is 4.66. The van der Waals surface area contributed by atoms with Crippen LogP contribution < -0.4 is 0 Å². The maximum absolute atomic E-state index is 5.37. The summed E-state index contributed by atoms with van der Waals surface area (Å²) >= 11 is 0. The molecule has 0 amide bonds. The van der Waals surface area contributed by atoms with Gasteiger partial charge in [0.25, 0.3) is 0 Å². The van der Waals surface area contributed by atoms with E-state index in [0.29, 0.717) is 0 Å². The Hall–Kier alpha value is -5.93. The van der Waals surface area contributed by atoms with Crippen LogP contribution in [0.2, 0.25) is 0 Å². The molecule has 6 aromatic carbocycles. The van der Waals surface area contributed by atoms with Crippen molar-refractivity contribution in [3.05, 3.63) is 164 Å². The highest BCUT2D eigenvalue weighted by Crippen LogP contribution is 2.40. The fourth-order valence-corrected chi connectivity index (χ4v) is 6.73. The van der Waals surface area contributed by atoms with E-state index in [1.54, 1.807) is 0 Å². The number of hydrogen-bond donors (Lipinski definition) is 0. The second-order valence-corrected chi connectivity index (χ2v) is 11.3. The quantitative estimate of drug-likeness (QED) is 0.210. The second-order valence-electron chi connectivity index (χ2n) is 11.3. The minimum Gasteiger partial charge on any atom is -0.317 e. The predicted octanol–water partition coefficient (Wildman–Crippen LogP) is 10.6. The number of benzene rings is 6. The van der Waals surface area contributed by atoms with Gasteiger partial charge >= 0.3 is 0 Å². The molecule has 0 aliphatic heterocycles. The van der Waals surface area contributed by atoms with Gasteiger partial charge in [-0.1, -0.05) is 115 Å². The van der Waals surface area contributed by atoms with Gasteiger partial charge in [0.15, 0.2) is 0 Å². The first-order valence-electron chi connectivity index (χ1n) is 15.0. The highest BCUT2D eigenvalue weighted by atomic mass is 15.1. The first kappa shape index (κ1) is 24.6. The monoisotopic (exact) mass is 561 g/mol. The van der Waals surface area contributed by atoms with Crippen LogP contribution in [0.3, 0.4) is 0 Å². The fourth-order valence-electron chi connectivity index (χ4n) is 6.73. The number of nitrogens with zero attached hydrogens (tertiary/aromatic N) is 3. The van der Waals surface area contributed by atoms with Crippen LogP contribution in [0.1, 0.15) is 0 Å². The molecule has 3 heterocycles. The molecule has 0 saturated heterocycles. The van der Waals surface area contributed by atoms with E-state index in [4.69, 9.17) is 4.98 Å². The van der Waals surface area contributed by atoms with E-state index in [-0.39, 0.29) is 0 Å². The number of pyridine rings is 1. The van der Waals surface area contributed by atoms with E-state index in [1.807, 2.05) is 0 Å². The zero-order valence-corrected chi connectivity index (χ0v) is 23.9. The highest BCUT2D eigenvalue weighted by molar-refractivity contribution is 6.25. The Morgan fingerprint density at radius 2 is 1.14 bits per heavy atom. The summed E-state index contributed by atoms with van der Waals surface area (Å²) in [6.45, 7) is 0. The molecule has 206 valence electrons. The molecule has 9 aromatic rings. The van der Waals surface area contributed by atoms with Crippen molar-refractivity contribution >= 4 is 43.5 Å². The molecule has 0 aliphatic carbocycles. The summed E-state index contributed by atoms with van der Waals surface area (Å²) in [6, 6.07) is 56.1. The van der Waals surface area contributed by atoms with Crippen molar-refractivity contribution < 1.29 is 0 Å². The van der Waals surface area contributed by atoms with Crippen LogP contribution in [0.25, 0.3) is 77.4 Å². The Balaban J connectivity index is 1.42. The van der Waals surface area contributed by atoms with Crippen LogP contribution in [0, 0.1) is 0 Å². The summed E-state index contributed by atoms with van der Waals surface area (Å²) in [7, 11) is 0. The molecular weight excluding hydrogens is 534 g/mol. The Labute approximate surface area is 254 Å². The Kier molecular flexibility index (Phi) is 5.50. The average Bonchev–Trinajstić information content (AvgIpc) is 3.69. The molecule has 3 heteroatoms. The van der Waals surface area contributed by atoms with Crippen LogP contribution in [-0.4, -0.2) is 14.1 Å². The van der Waals surface area contributed by atoms with Crippen molar-refractivity contribution in [2.45, 2.75) is 0 Å². The van der Waals surface area contributed by atoms with Crippen molar-refractivity contribution in [1.29, 1.82) is 0 Å². The Morgan fingerprint density at radius 1 is 0.455 bits per heavy atom. The molecule has 44 heavy (non-hydrogen) atoms. The molecule has 0 unspecified atom stereocenters. The van der Waals surface area contributed by atoms with Crippen molar-refractivity contribution in [3.63, 3.8) is 0 Å². The van der Waals surface area contributed by atoms with E-state index >= 15 is 0 Å². The van der Waals surface area contributed by atoms with Gasteiger partial charge in [0.2, 0.25) is 0 Å². The summed E-state index contributed by atoms with van der Waals surface area (Å²) in [5.41, 5.74) is 9.02. The molecule has 0 radical (unpaired) electrons. The van der Waals surface area contributed by atoms with Gasteiger partial charge < -0.3 is 4.57 Å². The van der Waals surface area contributed by atoms with Crippen LogP contribution in [-0.2, 0) is 0 Å². The number of hydrogen-bond acceptors (Lipinski definition) is 1. The third-order valence-electron chi connectivity index (χ3n) is 8.74. The molecule has 0 N–H and O–H groups in total. The lowest BCUT2D eigenvalue weighted by atomic mass is 10.0. The lowest BCUT2D eigenvalue weighted by Crippen LogP contribution is -2.00. The minimum atomic E-state index is 0.906. The van der Waals surface area contributed by atoms with Gasteiger partial charge in [-0.2, -0.15) is 0 Å². The first-order chi connectivity index (χ1) is 21.8. The molecule has 0 spiro atoms. The van der Waals surface area contributed by atoms with E-state index in [2.05, 4.69) is 173 Å². The second kappa shape index (κ2) is 9.82. The highest BCUT2D eigenvalue weighted by Gasteiger charge is 2.19. The molecule has 3 aromatic heterocycles. The SMILES string of the molecule is c1ccc(-c2cc(-c3ccccc3)nc(-n3c4ccccc4c4ccc5ccc6c(ccn6-c6ccccc6)c5c43)c2)cc1. The zero-order chi connectivity index (χ0) is 29.0. The van der Waals surface area contributed by atoms with Gasteiger partial charge in [-0.3, -0.25) is 4.57 Å². The van der Waals surface area contributed by atoms with E-state index < -0.39 is 0 Å². The maximum atomic E-state index is 5.37. The molecular formula is C41H27N3. The molecule has 0 atom stereocenters. The van der Waals surface area contributed by atoms with E-state index in [9.17, 15) is 0 Å². The molecule has 3 nitrogen and oxygen atoms in total. The number of rotatable bonds is 4. The van der Waals surface area contributed by atoms with Crippen molar-refractivity contribution in [2.24, 2.45) is 0 Å². The molecule has 0 saturated carbocycles. The Bertz CT molecular complexity index is 2410. The minimum absolute atomic E-state index is 0.906. The van der Waals surface area contributed by atoms with Gasteiger partial charge in [-0.15, -0.1) is 0 Å². The van der Waals surface area contributed by atoms with Crippen LogP contribution >= 0.6 is 0 Å². The summed E-state index contributed by atoms with van der Waals surface area (Å²) in [5.74, 6) is 0.906. The normalized spacial score (nSPS) is 11.6. The average molecular weight is 562 g/mol. The van der Waals surface area contributed by atoms with Gasteiger partial charge in [-0.05, 0) is 59.0 Å². The lowest BCUT2D eigenvalue weighted by molar-refractivity contribution is 1.09. The standard InChI is InChI=1S/C41H27N3/c1-4-12-28(13-5-1)31-26-36(29-14-6-2-7-15-29)42-39(27-31)44-38-19-11-10-18-33(38)34-22-20-30-21-23-37-35(40(30)41(34)44)24-25-43(37)32-16-8-3-9-17-32/h1-27H. The van der Waals surface area contributed by atoms with Crippen LogP contribution in [0.4, 0.5) is 0 Å². The topological polar surface area (TPSA) is 22.8 Å². The van der Waals surface area contributed by atoms with Gasteiger partial charge in [0.1, 0.15) is 5.82 Å². The predicted molar refractivity (Wildman–Crippen MR) is 184 cm³/mol. The van der Waals surface area contributed by atoms with Crippen molar-refractivity contribution in [1.82, 2.24) is 14.1 Å². The molecule has 0 aliphatic rings. The summed E-state index contributed by atoms with van der Waals surface area (Å²) in [4.78, 5) is 5.37. The lowest BCUT2D eigenvalue weighted by Gasteiger charge is -2.14.